The highest BCUT2D eigenvalue weighted by atomic mass is 16.6. The average molecular weight is 378 g/mol. The van der Waals surface area contributed by atoms with Crippen LogP contribution in [0.15, 0.2) is 36.4 Å². The Balaban J connectivity index is 1.86. The summed E-state index contributed by atoms with van der Waals surface area (Å²) in [6.07, 6.45) is 2.09. The summed E-state index contributed by atoms with van der Waals surface area (Å²) in [5.41, 5.74) is 0.466. The molecule has 2 aromatic carbocycles. The first-order valence-electron chi connectivity index (χ1n) is 9.73. The maximum atomic E-state index is 13.2. The van der Waals surface area contributed by atoms with Crippen LogP contribution in [0.25, 0.3) is 10.8 Å². The summed E-state index contributed by atoms with van der Waals surface area (Å²) in [6, 6.07) is 13.3. The van der Waals surface area contributed by atoms with E-state index in [1.807, 2.05) is 51.1 Å². The number of carbonyl (C=O) groups is 2. The smallest absolute Gasteiger partial charge is 0.410 e. The zero-order valence-corrected chi connectivity index (χ0v) is 16.7. The summed E-state index contributed by atoms with van der Waals surface area (Å²) in [5, 5.41) is 11.2. The molecule has 1 aliphatic rings. The van der Waals surface area contributed by atoms with E-state index in [9.17, 15) is 14.9 Å². The maximum absolute atomic E-state index is 13.2. The molecule has 0 N–H and O–H groups in total. The third-order valence-corrected chi connectivity index (χ3v) is 4.96. The predicted molar refractivity (Wildman–Crippen MR) is 108 cm³/mol. The molecule has 0 aliphatic carbocycles. The standard InChI is InChI=1S/C23H26N2O3/c1-23(2,3)28-22(27)25-11-7-6-9-17(15-25)21(26)18-12-16-8-4-5-10-20(16)19(13-18)14-24/h4-5,8,10,12-13,17H,6-7,9,11,15H2,1-3H3. The van der Waals surface area contributed by atoms with Crippen molar-refractivity contribution in [3.63, 3.8) is 0 Å². The first kappa shape index (κ1) is 19.9. The number of amides is 1. The van der Waals surface area contributed by atoms with E-state index < -0.39 is 5.60 Å². The van der Waals surface area contributed by atoms with Crippen LogP contribution in [0.4, 0.5) is 4.79 Å². The third-order valence-electron chi connectivity index (χ3n) is 4.96. The van der Waals surface area contributed by atoms with Gasteiger partial charge in [0, 0.05) is 24.6 Å². The molecule has 146 valence electrons. The zero-order chi connectivity index (χ0) is 20.3. The van der Waals surface area contributed by atoms with Gasteiger partial charge in [0.05, 0.1) is 11.6 Å². The van der Waals surface area contributed by atoms with E-state index in [4.69, 9.17) is 4.74 Å². The van der Waals surface area contributed by atoms with Crippen LogP contribution in [0.3, 0.4) is 0 Å². The van der Waals surface area contributed by atoms with Gasteiger partial charge in [0.25, 0.3) is 0 Å². The summed E-state index contributed by atoms with van der Waals surface area (Å²) in [7, 11) is 0. The number of hydrogen-bond donors (Lipinski definition) is 0. The van der Waals surface area contributed by atoms with Gasteiger partial charge in [-0.15, -0.1) is 0 Å². The van der Waals surface area contributed by atoms with E-state index in [1.165, 1.54) is 0 Å². The van der Waals surface area contributed by atoms with Crippen molar-refractivity contribution in [2.45, 2.75) is 45.6 Å². The summed E-state index contributed by atoms with van der Waals surface area (Å²) < 4.78 is 5.49. The van der Waals surface area contributed by atoms with Gasteiger partial charge in [0.1, 0.15) is 5.60 Å². The number of fused-ring (bicyclic) bond motifs is 1. The van der Waals surface area contributed by atoms with Crippen LogP contribution in [0.5, 0.6) is 0 Å². The number of benzene rings is 2. The molecule has 1 unspecified atom stereocenters. The second-order valence-electron chi connectivity index (χ2n) is 8.34. The van der Waals surface area contributed by atoms with Crippen LogP contribution in [0.2, 0.25) is 0 Å². The molecule has 1 fully saturated rings. The molecule has 0 bridgehead atoms. The lowest BCUT2D eigenvalue weighted by Gasteiger charge is -2.28. The fraction of sp³-hybridized carbons (Fsp3) is 0.435. The normalized spacial score (nSPS) is 17.6. The molecular weight excluding hydrogens is 352 g/mol. The number of ether oxygens (including phenoxy) is 1. The molecule has 0 aromatic heterocycles. The third kappa shape index (κ3) is 4.51. The van der Waals surface area contributed by atoms with Crippen LogP contribution in [0, 0.1) is 17.2 Å². The molecule has 5 nitrogen and oxygen atoms in total. The number of likely N-dealkylation sites (tertiary alicyclic amines) is 1. The number of carbonyl (C=O) groups excluding carboxylic acids is 2. The molecule has 0 saturated carbocycles. The van der Waals surface area contributed by atoms with Gasteiger partial charge in [-0.05, 0) is 56.5 Å². The van der Waals surface area contributed by atoms with Gasteiger partial charge in [-0.3, -0.25) is 4.79 Å². The lowest BCUT2D eigenvalue weighted by atomic mass is 9.90. The van der Waals surface area contributed by atoms with E-state index in [0.29, 0.717) is 24.2 Å². The van der Waals surface area contributed by atoms with Crippen LogP contribution in [0.1, 0.15) is 56.0 Å². The topological polar surface area (TPSA) is 70.4 Å². The van der Waals surface area contributed by atoms with Gasteiger partial charge in [0.15, 0.2) is 5.78 Å². The Morgan fingerprint density at radius 1 is 1.18 bits per heavy atom. The molecule has 28 heavy (non-hydrogen) atoms. The zero-order valence-electron chi connectivity index (χ0n) is 16.7. The van der Waals surface area contributed by atoms with Crippen molar-refractivity contribution in [1.82, 2.24) is 4.90 Å². The quantitative estimate of drug-likeness (QED) is 0.695. The lowest BCUT2D eigenvalue weighted by Crippen LogP contribution is -2.40. The van der Waals surface area contributed by atoms with Crippen molar-refractivity contribution >= 4 is 22.6 Å². The van der Waals surface area contributed by atoms with Crippen LogP contribution in [-0.2, 0) is 4.74 Å². The molecule has 1 atom stereocenters. The predicted octanol–water partition coefficient (Wildman–Crippen LogP) is 4.93. The van der Waals surface area contributed by atoms with Crippen molar-refractivity contribution in [2.75, 3.05) is 13.1 Å². The Bertz CT molecular complexity index is 937. The molecule has 1 heterocycles. The summed E-state index contributed by atoms with van der Waals surface area (Å²) in [4.78, 5) is 27.4. The van der Waals surface area contributed by atoms with E-state index in [-0.39, 0.29) is 17.8 Å². The Hall–Kier alpha value is -2.87. The molecule has 2 aromatic rings. The van der Waals surface area contributed by atoms with E-state index >= 15 is 0 Å². The number of Topliss-reactive ketones (excluding diaryl/α,β-unsaturated/α-hetero) is 1. The van der Waals surface area contributed by atoms with Crippen LogP contribution < -0.4 is 0 Å². The molecule has 0 radical (unpaired) electrons. The summed E-state index contributed by atoms with van der Waals surface area (Å²) >= 11 is 0. The summed E-state index contributed by atoms with van der Waals surface area (Å²) in [5.74, 6) is -0.305. The molecule has 3 rings (SSSR count). The van der Waals surface area contributed by atoms with Crippen molar-refractivity contribution in [1.29, 1.82) is 5.26 Å². The fourth-order valence-corrected chi connectivity index (χ4v) is 3.63. The average Bonchev–Trinajstić information content (AvgIpc) is 2.91. The first-order chi connectivity index (χ1) is 13.3. The molecular formula is C23H26N2O3. The number of hydrogen-bond acceptors (Lipinski definition) is 4. The molecule has 1 aliphatic heterocycles. The van der Waals surface area contributed by atoms with Gasteiger partial charge in [-0.25, -0.2) is 4.79 Å². The highest BCUT2D eigenvalue weighted by Gasteiger charge is 2.30. The lowest BCUT2D eigenvalue weighted by molar-refractivity contribution is 0.0237. The minimum Gasteiger partial charge on any atom is -0.444 e. The Labute approximate surface area is 165 Å². The molecule has 0 spiro atoms. The Morgan fingerprint density at radius 3 is 2.64 bits per heavy atom. The van der Waals surface area contributed by atoms with Crippen LogP contribution >= 0.6 is 0 Å². The highest BCUT2D eigenvalue weighted by Crippen LogP contribution is 2.26. The van der Waals surface area contributed by atoms with Gasteiger partial charge in [-0.2, -0.15) is 5.26 Å². The number of ketones is 1. The first-order valence-corrected chi connectivity index (χ1v) is 9.73. The largest absolute Gasteiger partial charge is 0.444 e. The minimum absolute atomic E-state index is 0.0160. The molecule has 1 saturated heterocycles. The van der Waals surface area contributed by atoms with Gasteiger partial charge in [0.2, 0.25) is 0 Å². The number of nitriles is 1. The van der Waals surface area contributed by atoms with Crippen LogP contribution in [-0.4, -0.2) is 35.5 Å². The second kappa shape index (κ2) is 8.02. The monoisotopic (exact) mass is 378 g/mol. The number of rotatable bonds is 2. The van der Waals surface area contributed by atoms with E-state index in [1.54, 1.807) is 11.0 Å². The molecule has 5 heteroatoms. The summed E-state index contributed by atoms with van der Waals surface area (Å²) in [6.45, 7) is 6.46. The SMILES string of the molecule is CC(C)(C)OC(=O)N1CCCCC(C(=O)c2cc(C#N)c3ccccc3c2)C1. The van der Waals surface area contributed by atoms with E-state index in [0.717, 1.165) is 30.0 Å². The van der Waals surface area contributed by atoms with Gasteiger partial charge >= 0.3 is 6.09 Å². The van der Waals surface area contributed by atoms with Crippen molar-refractivity contribution in [2.24, 2.45) is 5.92 Å². The highest BCUT2D eigenvalue weighted by molar-refractivity contribution is 6.03. The Kier molecular flexibility index (Phi) is 5.69. The van der Waals surface area contributed by atoms with Crippen molar-refractivity contribution in [3.05, 3.63) is 47.5 Å². The van der Waals surface area contributed by atoms with E-state index in [2.05, 4.69) is 6.07 Å². The fourth-order valence-electron chi connectivity index (χ4n) is 3.63. The maximum Gasteiger partial charge on any atom is 0.410 e. The van der Waals surface area contributed by atoms with Gasteiger partial charge in [-0.1, -0.05) is 30.7 Å². The Morgan fingerprint density at radius 2 is 1.93 bits per heavy atom. The van der Waals surface area contributed by atoms with Crippen molar-refractivity contribution < 1.29 is 14.3 Å². The number of nitrogens with zero attached hydrogens (tertiary/aromatic N) is 2. The minimum atomic E-state index is -0.567. The van der Waals surface area contributed by atoms with Crippen molar-refractivity contribution in [3.8, 4) is 6.07 Å². The van der Waals surface area contributed by atoms with Gasteiger partial charge < -0.3 is 9.64 Å². The second-order valence-corrected chi connectivity index (χ2v) is 8.34. The molecule has 1 amide bonds.